The number of unbranched alkanes of at least 4 members (excludes halogenated alkanes) is 2. The second-order valence-electron chi connectivity index (χ2n) is 3.74. The molecule has 1 unspecified atom stereocenters. The molecule has 0 saturated carbocycles. The number of rotatable bonds is 9. The predicted molar refractivity (Wildman–Crippen MR) is 61.6 cm³/mol. The van der Waals surface area contributed by atoms with Gasteiger partial charge < -0.3 is 15.8 Å². The van der Waals surface area contributed by atoms with Gasteiger partial charge in [0.1, 0.15) is 0 Å². The molecule has 0 spiro atoms. The van der Waals surface area contributed by atoms with Gasteiger partial charge in [-0.15, -0.1) is 0 Å². The molecule has 0 aromatic heterocycles. The summed E-state index contributed by atoms with van der Waals surface area (Å²) in [6.45, 7) is 3.54. The predicted octanol–water partition coefficient (Wildman–Crippen LogP) is 1.05. The maximum absolute atomic E-state index is 11.4. The fraction of sp³-hybridized carbons (Fsp3) is 0.909. The second kappa shape index (κ2) is 9.93. The number of nitrogens with one attached hydrogen (secondary N) is 1. The van der Waals surface area contributed by atoms with Gasteiger partial charge in [-0.3, -0.25) is 4.79 Å². The molecule has 0 bridgehead atoms. The van der Waals surface area contributed by atoms with Crippen LogP contribution in [-0.2, 0) is 9.53 Å². The van der Waals surface area contributed by atoms with Crippen LogP contribution in [0, 0.1) is 0 Å². The molecule has 4 nitrogen and oxygen atoms in total. The molecule has 0 saturated heterocycles. The highest BCUT2D eigenvalue weighted by Crippen LogP contribution is 1.98. The number of hydrogen-bond acceptors (Lipinski definition) is 3. The molecule has 0 aliphatic rings. The second-order valence-corrected chi connectivity index (χ2v) is 3.74. The highest BCUT2D eigenvalue weighted by Gasteiger charge is 2.11. The van der Waals surface area contributed by atoms with Gasteiger partial charge in [0.05, 0.1) is 6.04 Å². The highest BCUT2D eigenvalue weighted by atomic mass is 16.5. The molecular weight excluding hydrogens is 192 g/mol. The zero-order valence-electron chi connectivity index (χ0n) is 9.92. The van der Waals surface area contributed by atoms with E-state index in [1.54, 1.807) is 7.11 Å². The normalized spacial score (nSPS) is 12.5. The molecule has 0 aliphatic heterocycles. The molecule has 1 amide bonds. The van der Waals surface area contributed by atoms with Gasteiger partial charge in [-0.25, -0.2) is 0 Å². The number of methoxy groups -OCH3 is 1. The summed E-state index contributed by atoms with van der Waals surface area (Å²) >= 11 is 0. The van der Waals surface area contributed by atoms with Crippen LogP contribution in [0.2, 0.25) is 0 Å². The van der Waals surface area contributed by atoms with Crippen LogP contribution in [0.15, 0.2) is 0 Å². The summed E-state index contributed by atoms with van der Waals surface area (Å²) in [4.78, 5) is 11.4. The minimum absolute atomic E-state index is 0.0270. The van der Waals surface area contributed by atoms with E-state index >= 15 is 0 Å². The van der Waals surface area contributed by atoms with Gasteiger partial charge in [0.2, 0.25) is 5.91 Å². The molecule has 1 atom stereocenters. The van der Waals surface area contributed by atoms with Crippen molar-refractivity contribution in [2.24, 2.45) is 5.73 Å². The molecule has 15 heavy (non-hydrogen) atoms. The fourth-order valence-electron chi connectivity index (χ4n) is 1.27. The van der Waals surface area contributed by atoms with E-state index in [0.29, 0.717) is 6.54 Å². The van der Waals surface area contributed by atoms with Crippen LogP contribution in [0.4, 0.5) is 0 Å². The van der Waals surface area contributed by atoms with E-state index in [0.717, 1.165) is 38.7 Å². The molecular formula is C11H24N2O2. The SMILES string of the molecule is CCCCC(N)C(=O)NCCCCOC. The zero-order valence-corrected chi connectivity index (χ0v) is 9.92. The maximum Gasteiger partial charge on any atom is 0.236 e. The number of amides is 1. The number of ether oxygens (including phenoxy) is 1. The van der Waals surface area contributed by atoms with Crippen LogP contribution in [0.1, 0.15) is 39.0 Å². The first-order valence-electron chi connectivity index (χ1n) is 5.74. The minimum atomic E-state index is -0.340. The van der Waals surface area contributed by atoms with Crippen LogP contribution in [-0.4, -0.2) is 32.2 Å². The van der Waals surface area contributed by atoms with Crippen molar-refractivity contribution >= 4 is 5.91 Å². The van der Waals surface area contributed by atoms with Gasteiger partial charge in [-0.05, 0) is 19.3 Å². The van der Waals surface area contributed by atoms with Crippen LogP contribution in [0.5, 0.6) is 0 Å². The number of carbonyl (C=O) groups is 1. The Bertz CT molecular complexity index is 163. The van der Waals surface area contributed by atoms with E-state index in [1.807, 2.05) is 0 Å². The number of nitrogens with two attached hydrogens (primary N) is 1. The van der Waals surface area contributed by atoms with E-state index in [-0.39, 0.29) is 11.9 Å². The van der Waals surface area contributed by atoms with E-state index in [4.69, 9.17) is 10.5 Å². The molecule has 0 fully saturated rings. The van der Waals surface area contributed by atoms with Crippen molar-refractivity contribution in [2.45, 2.75) is 45.1 Å². The van der Waals surface area contributed by atoms with Gasteiger partial charge in [-0.1, -0.05) is 19.8 Å². The van der Waals surface area contributed by atoms with Crippen molar-refractivity contribution in [1.29, 1.82) is 0 Å². The Balaban J connectivity index is 3.38. The van der Waals surface area contributed by atoms with Gasteiger partial charge in [0.15, 0.2) is 0 Å². The van der Waals surface area contributed by atoms with Crippen molar-refractivity contribution < 1.29 is 9.53 Å². The Labute approximate surface area is 92.6 Å². The molecule has 0 radical (unpaired) electrons. The summed E-state index contributed by atoms with van der Waals surface area (Å²) in [6.07, 6.45) is 4.79. The lowest BCUT2D eigenvalue weighted by molar-refractivity contribution is -0.122. The number of carbonyl (C=O) groups excluding carboxylic acids is 1. The van der Waals surface area contributed by atoms with Crippen molar-refractivity contribution in [3.63, 3.8) is 0 Å². The highest BCUT2D eigenvalue weighted by molar-refractivity contribution is 5.81. The van der Waals surface area contributed by atoms with Crippen molar-refractivity contribution in [3.8, 4) is 0 Å². The quantitative estimate of drug-likeness (QED) is 0.566. The van der Waals surface area contributed by atoms with Crippen LogP contribution in [0.3, 0.4) is 0 Å². The van der Waals surface area contributed by atoms with Gasteiger partial charge in [0.25, 0.3) is 0 Å². The first-order chi connectivity index (χ1) is 7.22. The third kappa shape index (κ3) is 8.39. The smallest absolute Gasteiger partial charge is 0.236 e. The molecule has 3 N–H and O–H groups in total. The van der Waals surface area contributed by atoms with E-state index in [9.17, 15) is 4.79 Å². The lowest BCUT2D eigenvalue weighted by atomic mass is 10.1. The Morgan fingerprint density at radius 2 is 2.13 bits per heavy atom. The zero-order chi connectivity index (χ0) is 11.5. The van der Waals surface area contributed by atoms with Crippen LogP contribution < -0.4 is 11.1 Å². The summed E-state index contributed by atoms with van der Waals surface area (Å²) in [5, 5.41) is 2.83. The standard InChI is InChI=1S/C11H24N2O2/c1-3-4-7-10(12)11(14)13-8-5-6-9-15-2/h10H,3-9,12H2,1-2H3,(H,13,14). The molecule has 0 aromatic carbocycles. The lowest BCUT2D eigenvalue weighted by Crippen LogP contribution is -2.40. The third-order valence-corrected chi connectivity index (χ3v) is 2.28. The van der Waals surface area contributed by atoms with Crippen LogP contribution in [0.25, 0.3) is 0 Å². The first-order valence-corrected chi connectivity index (χ1v) is 5.74. The monoisotopic (exact) mass is 216 g/mol. The fourth-order valence-corrected chi connectivity index (χ4v) is 1.27. The molecule has 90 valence electrons. The summed E-state index contributed by atoms with van der Waals surface area (Å²) < 4.78 is 4.91. The third-order valence-electron chi connectivity index (χ3n) is 2.28. The number of hydrogen-bond donors (Lipinski definition) is 2. The van der Waals surface area contributed by atoms with Crippen molar-refractivity contribution in [2.75, 3.05) is 20.3 Å². The van der Waals surface area contributed by atoms with E-state index in [1.165, 1.54) is 0 Å². The average molecular weight is 216 g/mol. The Morgan fingerprint density at radius 1 is 1.40 bits per heavy atom. The van der Waals surface area contributed by atoms with Crippen molar-refractivity contribution in [3.05, 3.63) is 0 Å². The van der Waals surface area contributed by atoms with Gasteiger partial charge in [0, 0.05) is 20.3 Å². The van der Waals surface area contributed by atoms with Crippen LogP contribution >= 0.6 is 0 Å². The Kier molecular flexibility index (Phi) is 9.52. The molecule has 0 aliphatic carbocycles. The van der Waals surface area contributed by atoms with Crippen molar-refractivity contribution in [1.82, 2.24) is 5.32 Å². The maximum atomic E-state index is 11.4. The Morgan fingerprint density at radius 3 is 2.73 bits per heavy atom. The first kappa shape index (κ1) is 14.4. The largest absolute Gasteiger partial charge is 0.385 e. The lowest BCUT2D eigenvalue weighted by Gasteiger charge is -2.11. The average Bonchev–Trinajstić information content (AvgIpc) is 2.25. The molecule has 0 rings (SSSR count). The molecule has 0 aromatic rings. The summed E-state index contributed by atoms with van der Waals surface area (Å²) in [5.74, 6) is -0.0270. The topological polar surface area (TPSA) is 64.4 Å². The summed E-state index contributed by atoms with van der Waals surface area (Å²) in [7, 11) is 1.68. The molecule has 4 heteroatoms. The van der Waals surface area contributed by atoms with Gasteiger partial charge in [-0.2, -0.15) is 0 Å². The summed E-state index contributed by atoms with van der Waals surface area (Å²) in [5.41, 5.74) is 5.71. The Hall–Kier alpha value is -0.610. The minimum Gasteiger partial charge on any atom is -0.385 e. The van der Waals surface area contributed by atoms with Gasteiger partial charge >= 0.3 is 0 Å². The van der Waals surface area contributed by atoms with E-state index < -0.39 is 0 Å². The van der Waals surface area contributed by atoms with E-state index in [2.05, 4.69) is 12.2 Å². The molecule has 0 heterocycles. The summed E-state index contributed by atoms with van der Waals surface area (Å²) in [6, 6.07) is -0.340.